The van der Waals surface area contributed by atoms with Gasteiger partial charge in [-0.1, -0.05) is 41.4 Å². The maximum atomic E-state index is 13.3. The zero-order valence-corrected chi connectivity index (χ0v) is 18.3. The first kappa shape index (κ1) is 21.0. The molecule has 0 radical (unpaired) electrons. The fourth-order valence-corrected chi connectivity index (χ4v) is 3.80. The van der Waals surface area contributed by atoms with Crippen LogP contribution in [0.25, 0.3) is 22.2 Å². The van der Waals surface area contributed by atoms with E-state index < -0.39 is 0 Å². The van der Waals surface area contributed by atoms with Gasteiger partial charge in [-0.2, -0.15) is 0 Å². The number of nitrogens with one attached hydrogen (secondary N) is 1. The van der Waals surface area contributed by atoms with Crippen LogP contribution in [-0.4, -0.2) is 25.1 Å². The van der Waals surface area contributed by atoms with Gasteiger partial charge in [-0.3, -0.25) is 4.79 Å². The first-order valence-electron chi connectivity index (χ1n) is 9.38. The molecule has 0 aliphatic carbocycles. The zero-order chi connectivity index (χ0) is 22.0. The Morgan fingerprint density at radius 2 is 1.74 bits per heavy atom. The number of anilines is 1. The number of ether oxygens (including phenoxy) is 2. The van der Waals surface area contributed by atoms with E-state index in [1.165, 1.54) is 7.11 Å². The number of carbonyl (C=O) groups is 1. The van der Waals surface area contributed by atoms with Crippen molar-refractivity contribution in [3.05, 3.63) is 82.3 Å². The second-order valence-corrected chi connectivity index (χ2v) is 7.56. The number of hydrogen-bond donors (Lipinski definition) is 1. The van der Waals surface area contributed by atoms with Crippen LogP contribution < -0.4 is 14.8 Å². The number of amides is 1. The molecule has 0 aliphatic heterocycles. The minimum atomic E-state index is -0.298. The number of fused-ring (bicyclic) bond motifs is 1. The summed E-state index contributed by atoms with van der Waals surface area (Å²) >= 11 is 12.4. The van der Waals surface area contributed by atoms with Gasteiger partial charge < -0.3 is 14.8 Å². The van der Waals surface area contributed by atoms with E-state index in [9.17, 15) is 4.79 Å². The van der Waals surface area contributed by atoms with E-state index in [1.54, 1.807) is 49.6 Å². The molecule has 0 atom stereocenters. The van der Waals surface area contributed by atoms with Crippen LogP contribution in [0.15, 0.2) is 66.7 Å². The second kappa shape index (κ2) is 8.84. The van der Waals surface area contributed by atoms with E-state index in [-0.39, 0.29) is 5.91 Å². The summed E-state index contributed by atoms with van der Waals surface area (Å²) in [5.41, 5.74) is 2.93. The second-order valence-electron chi connectivity index (χ2n) is 6.72. The Hall–Kier alpha value is -3.28. The number of benzene rings is 3. The minimum absolute atomic E-state index is 0.298. The standard InChI is InChI=1S/C24H18Cl2N2O3/c1-30-15-8-10-21(23(12-15)31-2)28-24(29)18-13-22(17-9-7-14(25)11-19(17)26)27-20-6-4-3-5-16(18)20/h3-13H,1-2H3,(H,28,29). The number of aromatic nitrogens is 1. The largest absolute Gasteiger partial charge is 0.497 e. The molecule has 0 saturated carbocycles. The molecule has 1 N–H and O–H groups in total. The van der Waals surface area contributed by atoms with Crippen LogP contribution >= 0.6 is 23.2 Å². The van der Waals surface area contributed by atoms with Gasteiger partial charge in [0, 0.05) is 22.0 Å². The number of halogens is 2. The molecule has 4 rings (SSSR count). The highest BCUT2D eigenvalue weighted by molar-refractivity contribution is 6.36. The molecule has 0 aliphatic rings. The van der Waals surface area contributed by atoms with Gasteiger partial charge in [0.05, 0.1) is 41.7 Å². The number of para-hydroxylation sites is 1. The summed E-state index contributed by atoms with van der Waals surface area (Å²) in [5.74, 6) is 0.823. The van der Waals surface area contributed by atoms with Gasteiger partial charge in [0.15, 0.2) is 0 Å². The fraction of sp³-hybridized carbons (Fsp3) is 0.0833. The molecule has 0 fully saturated rings. The van der Waals surface area contributed by atoms with Crippen molar-refractivity contribution >= 4 is 45.7 Å². The molecule has 4 aromatic rings. The van der Waals surface area contributed by atoms with Gasteiger partial charge >= 0.3 is 0 Å². The van der Waals surface area contributed by atoms with E-state index in [0.717, 1.165) is 5.39 Å². The molecule has 0 spiro atoms. The highest BCUT2D eigenvalue weighted by Crippen LogP contribution is 2.33. The van der Waals surface area contributed by atoms with Crippen LogP contribution in [0.4, 0.5) is 5.69 Å². The molecule has 7 heteroatoms. The maximum absolute atomic E-state index is 13.3. The van der Waals surface area contributed by atoms with Crippen molar-refractivity contribution in [1.29, 1.82) is 0 Å². The first-order valence-corrected chi connectivity index (χ1v) is 10.1. The smallest absolute Gasteiger partial charge is 0.256 e. The number of rotatable bonds is 5. The molecular formula is C24H18Cl2N2O3. The van der Waals surface area contributed by atoms with E-state index in [4.69, 9.17) is 37.7 Å². The summed E-state index contributed by atoms with van der Waals surface area (Å²) in [5, 5.41) is 4.63. The van der Waals surface area contributed by atoms with Crippen molar-refractivity contribution in [2.75, 3.05) is 19.5 Å². The van der Waals surface area contributed by atoms with E-state index in [1.807, 2.05) is 24.3 Å². The van der Waals surface area contributed by atoms with Crippen molar-refractivity contribution in [1.82, 2.24) is 4.98 Å². The van der Waals surface area contributed by atoms with E-state index in [0.29, 0.717) is 49.6 Å². The van der Waals surface area contributed by atoms with Crippen molar-refractivity contribution < 1.29 is 14.3 Å². The molecule has 3 aromatic carbocycles. The molecule has 0 saturated heterocycles. The van der Waals surface area contributed by atoms with E-state index >= 15 is 0 Å². The molecule has 31 heavy (non-hydrogen) atoms. The number of carbonyl (C=O) groups excluding carboxylic acids is 1. The monoisotopic (exact) mass is 452 g/mol. The van der Waals surface area contributed by atoms with Gasteiger partial charge in [-0.05, 0) is 42.5 Å². The van der Waals surface area contributed by atoms with Gasteiger partial charge in [0.25, 0.3) is 5.91 Å². The predicted octanol–water partition coefficient (Wildman–Crippen LogP) is 6.48. The lowest BCUT2D eigenvalue weighted by Gasteiger charge is -2.14. The number of hydrogen-bond acceptors (Lipinski definition) is 4. The quantitative estimate of drug-likeness (QED) is 0.376. The number of pyridine rings is 1. The number of nitrogens with zero attached hydrogens (tertiary/aromatic N) is 1. The SMILES string of the molecule is COc1ccc(NC(=O)c2cc(-c3ccc(Cl)cc3Cl)nc3ccccc23)c(OC)c1. The normalized spacial score (nSPS) is 10.7. The summed E-state index contributed by atoms with van der Waals surface area (Å²) in [6.45, 7) is 0. The Balaban J connectivity index is 1.80. The predicted molar refractivity (Wildman–Crippen MR) is 125 cm³/mol. The third-order valence-electron chi connectivity index (χ3n) is 4.82. The Morgan fingerprint density at radius 1 is 0.935 bits per heavy atom. The molecule has 156 valence electrons. The van der Waals surface area contributed by atoms with Crippen LogP contribution in [0.1, 0.15) is 10.4 Å². The molecule has 1 amide bonds. The summed E-state index contributed by atoms with van der Waals surface area (Å²) in [7, 11) is 3.10. The Bertz CT molecular complexity index is 1290. The molecule has 5 nitrogen and oxygen atoms in total. The van der Waals surface area contributed by atoms with Crippen LogP contribution in [-0.2, 0) is 0 Å². The van der Waals surface area contributed by atoms with Gasteiger partial charge in [-0.25, -0.2) is 4.98 Å². The lowest BCUT2D eigenvalue weighted by molar-refractivity contribution is 0.102. The first-order chi connectivity index (χ1) is 15.0. The van der Waals surface area contributed by atoms with Gasteiger partial charge in [-0.15, -0.1) is 0 Å². The maximum Gasteiger partial charge on any atom is 0.256 e. The van der Waals surface area contributed by atoms with Crippen molar-refractivity contribution in [2.45, 2.75) is 0 Å². The van der Waals surface area contributed by atoms with Crippen LogP contribution in [0.2, 0.25) is 10.0 Å². The van der Waals surface area contributed by atoms with Crippen molar-refractivity contribution in [2.24, 2.45) is 0 Å². The Morgan fingerprint density at radius 3 is 2.48 bits per heavy atom. The molecule has 0 unspecified atom stereocenters. The molecule has 0 bridgehead atoms. The third-order valence-corrected chi connectivity index (χ3v) is 5.37. The van der Waals surface area contributed by atoms with Crippen LogP contribution in [0, 0.1) is 0 Å². The summed E-state index contributed by atoms with van der Waals surface area (Å²) in [6.07, 6.45) is 0. The Kier molecular flexibility index (Phi) is 5.98. The average molecular weight is 453 g/mol. The van der Waals surface area contributed by atoms with Crippen LogP contribution in [0.3, 0.4) is 0 Å². The zero-order valence-electron chi connectivity index (χ0n) is 16.8. The Labute approximate surface area is 189 Å². The topological polar surface area (TPSA) is 60.5 Å². The average Bonchev–Trinajstić information content (AvgIpc) is 2.78. The lowest BCUT2D eigenvalue weighted by Crippen LogP contribution is -2.14. The molecule has 1 heterocycles. The minimum Gasteiger partial charge on any atom is -0.497 e. The summed E-state index contributed by atoms with van der Waals surface area (Å²) < 4.78 is 10.6. The molecule has 1 aromatic heterocycles. The summed E-state index contributed by atoms with van der Waals surface area (Å²) in [4.78, 5) is 18.0. The number of methoxy groups -OCH3 is 2. The van der Waals surface area contributed by atoms with Gasteiger partial charge in [0.1, 0.15) is 11.5 Å². The lowest BCUT2D eigenvalue weighted by atomic mass is 10.0. The van der Waals surface area contributed by atoms with E-state index in [2.05, 4.69) is 5.32 Å². The summed E-state index contributed by atoms with van der Waals surface area (Å²) in [6, 6.07) is 19.5. The van der Waals surface area contributed by atoms with Crippen molar-refractivity contribution in [3.63, 3.8) is 0 Å². The molecular weight excluding hydrogens is 435 g/mol. The fourth-order valence-electron chi connectivity index (χ4n) is 3.29. The highest BCUT2D eigenvalue weighted by atomic mass is 35.5. The van der Waals surface area contributed by atoms with Gasteiger partial charge in [0.2, 0.25) is 0 Å². The van der Waals surface area contributed by atoms with Crippen molar-refractivity contribution in [3.8, 4) is 22.8 Å². The van der Waals surface area contributed by atoms with Crippen LogP contribution in [0.5, 0.6) is 11.5 Å². The third kappa shape index (κ3) is 4.29. The highest BCUT2D eigenvalue weighted by Gasteiger charge is 2.17.